The molecular weight excluding hydrogens is 422 g/mol. The summed E-state index contributed by atoms with van der Waals surface area (Å²) in [6.07, 6.45) is 2.86. The second kappa shape index (κ2) is 10.5. The van der Waals surface area contributed by atoms with Gasteiger partial charge < -0.3 is 24.5 Å². The normalized spacial score (nSPS) is 21.2. The van der Waals surface area contributed by atoms with Gasteiger partial charge in [-0.1, -0.05) is 19.1 Å². The Kier molecular flexibility index (Phi) is 7.73. The molecule has 0 saturated carbocycles. The number of carbonyl (C=O) groups excluding carboxylic acids is 1. The fraction of sp³-hybridized carbons (Fsp3) is 0.500. The molecule has 2 amide bonds. The van der Waals surface area contributed by atoms with Crippen LogP contribution >= 0.6 is 0 Å². The van der Waals surface area contributed by atoms with Crippen molar-refractivity contribution < 1.29 is 19.4 Å². The average Bonchev–Trinajstić information content (AvgIpc) is 3.37. The van der Waals surface area contributed by atoms with Gasteiger partial charge in [-0.3, -0.25) is 4.79 Å². The van der Waals surface area contributed by atoms with Crippen molar-refractivity contribution in [2.24, 2.45) is 11.8 Å². The van der Waals surface area contributed by atoms with Gasteiger partial charge in [0.2, 0.25) is 0 Å². The molecule has 178 valence electrons. The minimum Gasteiger partial charge on any atom is -0.497 e. The number of aromatic nitrogens is 2. The van der Waals surface area contributed by atoms with E-state index in [9.17, 15) is 4.79 Å². The SMILES string of the molecule is CCc1cnc(C)nc1N1C[C@@H]2CN(C(=O)N(C)C)[C@@H](c3ccc(OC)cc3)[C@@H]2C1.O=CO. The number of anilines is 1. The lowest BCUT2D eigenvalue weighted by Crippen LogP contribution is -2.41. The first-order valence-corrected chi connectivity index (χ1v) is 11.1. The number of fused-ring (bicyclic) bond motifs is 1. The van der Waals surface area contributed by atoms with Gasteiger partial charge in [0, 0.05) is 57.3 Å². The third-order valence-electron chi connectivity index (χ3n) is 6.39. The summed E-state index contributed by atoms with van der Waals surface area (Å²) in [5.41, 5.74) is 2.35. The maximum atomic E-state index is 13.0. The number of carboxylic acid groups (broad SMARTS) is 1. The van der Waals surface area contributed by atoms with Gasteiger partial charge in [-0.2, -0.15) is 0 Å². The third-order valence-corrected chi connectivity index (χ3v) is 6.39. The molecule has 0 bridgehead atoms. The maximum absolute atomic E-state index is 13.0. The van der Waals surface area contributed by atoms with Gasteiger partial charge >= 0.3 is 6.03 Å². The van der Waals surface area contributed by atoms with Gasteiger partial charge in [-0.15, -0.1) is 0 Å². The molecule has 1 aromatic carbocycles. The minimum atomic E-state index is -0.250. The van der Waals surface area contributed by atoms with E-state index < -0.39 is 0 Å². The van der Waals surface area contributed by atoms with E-state index in [0.29, 0.717) is 11.8 Å². The lowest BCUT2D eigenvalue weighted by atomic mass is 9.89. The van der Waals surface area contributed by atoms with Gasteiger partial charge in [-0.05, 0) is 31.0 Å². The summed E-state index contributed by atoms with van der Waals surface area (Å²) in [5.74, 6) is 3.47. The molecule has 0 spiro atoms. The molecular formula is C24H33N5O4. The van der Waals surface area contributed by atoms with Crippen molar-refractivity contribution in [1.82, 2.24) is 19.8 Å². The Balaban J connectivity index is 0.000000968. The molecule has 9 nitrogen and oxygen atoms in total. The smallest absolute Gasteiger partial charge is 0.320 e. The van der Waals surface area contributed by atoms with Crippen molar-refractivity contribution >= 4 is 18.3 Å². The van der Waals surface area contributed by atoms with Crippen molar-refractivity contribution in [3.05, 3.63) is 47.4 Å². The largest absolute Gasteiger partial charge is 0.497 e. The monoisotopic (exact) mass is 455 g/mol. The van der Waals surface area contributed by atoms with E-state index in [1.807, 2.05) is 44.2 Å². The van der Waals surface area contributed by atoms with Crippen LogP contribution in [0.3, 0.4) is 0 Å². The number of methoxy groups -OCH3 is 1. The molecule has 1 aromatic heterocycles. The van der Waals surface area contributed by atoms with E-state index >= 15 is 0 Å². The fourth-order valence-electron chi connectivity index (χ4n) is 4.91. The van der Waals surface area contributed by atoms with Crippen LogP contribution in [0.25, 0.3) is 0 Å². The molecule has 4 rings (SSSR count). The van der Waals surface area contributed by atoms with Crippen LogP contribution in [-0.4, -0.2) is 78.2 Å². The second-order valence-corrected chi connectivity index (χ2v) is 8.60. The number of hydrogen-bond acceptors (Lipinski definition) is 6. The number of likely N-dealkylation sites (tertiary alicyclic amines) is 1. The molecule has 1 N–H and O–H groups in total. The van der Waals surface area contributed by atoms with Crippen LogP contribution in [0, 0.1) is 18.8 Å². The highest BCUT2D eigenvalue weighted by molar-refractivity contribution is 5.75. The number of benzene rings is 1. The Morgan fingerprint density at radius 3 is 2.48 bits per heavy atom. The molecule has 2 saturated heterocycles. The van der Waals surface area contributed by atoms with Gasteiger partial charge in [0.1, 0.15) is 17.4 Å². The highest BCUT2D eigenvalue weighted by atomic mass is 16.5. The Morgan fingerprint density at radius 2 is 1.91 bits per heavy atom. The van der Waals surface area contributed by atoms with E-state index in [2.05, 4.69) is 28.9 Å². The topological polar surface area (TPSA) is 99.1 Å². The van der Waals surface area contributed by atoms with Crippen LogP contribution in [0.15, 0.2) is 30.5 Å². The average molecular weight is 456 g/mol. The van der Waals surface area contributed by atoms with Gasteiger partial charge in [0.15, 0.2) is 0 Å². The number of aryl methyl sites for hydroxylation is 2. The number of urea groups is 1. The highest BCUT2D eigenvalue weighted by Gasteiger charge is 2.50. The Labute approximate surface area is 195 Å². The molecule has 2 aliphatic heterocycles. The summed E-state index contributed by atoms with van der Waals surface area (Å²) in [7, 11) is 5.32. The van der Waals surface area contributed by atoms with Gasteiger partial charge in [0.25, 0.3) is 6.47 Å². The fourth-order valence-corrected chi connectivity index (χ4v) is 4.91. The van der Waals surface area contributed by atoms with Crippen LogP contribution in [0.1, 0.15) is 29.9 Å². The minimum absolute atomic E-state index is 0.0498. The van der Waals surface area contributed by atoms with Crippen molar-refractivity contribution in [3.8, 4) is 5.75 Å². The summed E-state index contributed by atoms with van der Waals surface area (Å²) < 4.78 is 5.33. The van der Waals surface area contributed by atoms with Crippen LogP contribution in [0.4, 0.5) is 10.6 Å². The standard InChI is InChI=1S/C23H31N5O2.CH2O2/c1-6-16-11-24-15(2)25-22(16)27-12-18-13-28(23(29)26(3)4)21(20(18)14-27)17-7-9-19(30-5)10-8-17;2-1-3/h7-11,18,20-21H,6,12-14H2,1-5H3;1H,(H,2,3)/t18-,20-,21+;/m1./s1. The maximum Gasteiger partial charge on any atom is 0.320 e. The predicted octanol–water partition coefficient (Wildman–Crippen LogP) is 2.85. The Hall–Kier alpha value is -3.36. The van der Waals surface area contributed by atoms with Crippen molar-refractivity contribution in [2.45, 2.75) is 26.3 Å². The number of hydrogen-bond donors (Lipinski definition) is 1. The zero-order valence-corrected chi connectivity index (χ0v) is 19.9. The number of rotatable bonds is 4. The molecule has 2 aliphatic rings. The van der Waals surface area contributed by atoms with Gasteiger partial charge in [-0.25, -0.2) is 14.8 Å². The molecule has 2 fully saturated rings. The number of amides is 2. The van der Waals surface area contributed by atoms with Crippen LogP contribution in [0.5, 0.6) is 5.75 Å². The Bertz CT molecular complexity index is 966. The quantitative estimate of drug-likeness (QED) is 0.708. The lowest BCUT2D eigenvalue weighted by Gasteiger charge is -2.32. The van der Waals surface area contributed by atoms with Crippen LogP contribution in [-0.2, 0) is 11.2 Å². The molecule has 0 radical (unpaired) electrons. The summed E-state index contributed by atoms with van der Waals surface area (Å²) in [5, 5.41) is 6.89. The summed E-state index contributed by atoms with van der Waals surface area (Å²) in [4.78, 5) is 36.6. The molecule has 3 heterocycles. The second-order valence-electron chi connectivity index (χ2n) is 8.60. The first-order chi connectivity index (χ1) is 15.8. The van der Waals surface area contributed by atoms with Crippen molar-refractivity contribution in [3.63, 3.8) is 0 Å². The molecule has 0 aliphatic carbocycles. The highest BCUT2D eigenvalue weighted by Crippen LogP contribution is 2.46. The first kappa shape index (κ1) is 24.3. The Morgan fingerprint density at radius 1 is 1.24 bits per heavy atom. The van der Waals surface area contributed by atoms with E-state index in [0.717, 1.165) is 49.0 Å². The summed E-state index contributed by atoms with van der Waals surface area (Å²) >= 11 is 0. The van der Waals surface area contributed by atoms with Crippen molar-refractivity contribution in [2.75, 3.05) is 45.7 Å². The van der Waals surface area contributed by atoms with Crippen molar-refractivity contribution in [1.29, 1.82) is 0 Å². The lowest BCUT2D eigenvalue weighted by molar-refractivity contribution is -0.122. The molecule has 33 heavy (non-hydrogen) atoms. The predicted molar refractivity (Wildman–Crippen MR) is 126 cm³/mol. The number of ether oxygens (including phenoxy) is 1. The molecule has 0 unspecified atom stereocenters. The molecule has 3 atom stereocenters. The van der Waals surface area contributed by atoms with E-state index in [1.165, 1.54) is 5.56 Å². The van der Waals surface area contributed by atoms with Crippen LogP contribution in [0.2, 0.25) is 0 Å². The number of nitrogens with zero attached hydrogens (tertiary/aromatic N) is 5. The zero-order chi connectivity index (χ0) is 24.1. The molecule has 9 heteroatoms. The van der Waals surface area contributed by atoms with Crippen LogP contribution < -0.4 is 9.64 Å². The van der Waals surface area contributed by atoms with Gasteiger partial charge in [0.05, 0.1) is 13.2 Å². The summed E-state index contributed by atoms with van der Waals surface area (Å²) in [6.45, 7) is 6.41. The van der Waals surface area contributed by atoms with E-state index in [1.54, 1.807) is 12.0 Å². The van der Waals surface area contributed by atoms with E-state index in [-0.39, 0.29) is 18.5 Å². The molecule has 2 aromatic rings. The third kappa shape index (κ3) is 5.02. The van der Waals surface area contributed by atoms with E-state index in [4.69, 9.17) is 19.6 Å². The zero-order valence-electron chi connectivity index (χ0n) is 19.9. The summed E-state index contributed by atoms with van der Waals surface area (Å²) in [6, 6.07) is 8.28. The number of carbonyl (C=O) groups is 2. The first-order valence-electron chi connectivity index (χ1n) is 11.1.